The molecule has 0 fully saturated rings. The van der Waals surface area contributed by atoms with E-state index in [0.29, 0.717) is 0 Å². The second kappa shape index (κ2) is 6.39. The second-order valence-electron chi connectivity index (χ2n) is 3.50. The smallest absolute Gasteiger partial charge is 0.133 e. The molecule has 1 unspecified atom stereocenters. The molecule has 3 heteroatoms. The van der Waals surface area contributed by atoms with Gasteiger partial charge in [0.1, 0.15) is 5.75 Å². The summed E-state index contributed by atoms with van der Waals surface area (Å²) in [5, 5.41) is 0.104. The second-order valence-corrected chi connectivity index (χ2v) is 4.88. The zero-order valence-electron chi connectivity index (χ0n) is 9.09. The summed E-state index contributed by atoms with van der Waals surface area (Å²) in [4.78, 5) is 0. The molecule has 0 spiro atoms. The van der Waals surface area contributed by atoms with Crippen molar-refractivity contribution in [2.24, 2.45) is 0 Å². The molecule has 0 aliphatic rings. The number of ether oxygens (including phenoxy) is 1. The Labute approximate surface area is 105 Å². The molecule has 1 aromatic carbocycles. The van der Waals surface area contributed by atoms with Crippen LogP contribution in [0.2, 0.25) is 0 Å². The van der Waals surface area contributed by atoms with Crippen LogP contribution in [0.25, 0.3) is 0 Å². The van der Waals surface area contributed by atoms with Crippen molar-refractivity contribution in [3.8, 4) is 5.75 Å². The minimum absolute atomic E-state index is 0.104. The third-order valence-electron chi connectivity index (χ3n) is 2.35. The highest BCUT2D eigenvalue weighted by molar-refractivity contribution is 9.10. The normalized spacial score (nSPS) is 12.5. The van der Waals surface area contributed by atoms with Gasteiger partial charge in [-0.1, -0.05) is 25.8 Å². The summed E-state index contributed by atoms with van der Waals surface area (Å²) in [6.45, 7) is 2.17. The lowest BCUT2D eigenvalue weighted by molar-refractivity contribution is 0.412. The van der Waals surface area contributed by atoms with Gasteiger partial charge in [-0.3, -0.25) is 0 Å². The fraction of sp³-hybridized carbons (Fsp3) is 0.500. The van der Waals surface area contributed by atoms with Gasteiger partial charge in [0.05, 0.1) is 17.0 Å². The molecule has 0 bridgehead atoms. The Morgan fingerprint density at radius 2 is 2.20 bits per heavy atom. The van der Waals surface area contributed by atoms with Gasteiger partial charge in [-0.05, 0) is 40.0 Å². The van der Waals surface area contributed by atoms with Crippen LogP contribution in [-0.4, -0.2) is 7.11 Å². The van der Waals surface area contributed by atoms with Crippen LogP contribution in [0, 0.1) is 0 Å². The van der Waals surface area contributed by atoms with E-state index in [1.54, 1.807) is 7.11 Å². The van der Waals surface area contributed by atoms with E-state index in [1.807, 2.05) is 18.2 Å². The number of rotatable bonds is 5. The molecule has 0 aromatic heterocycles. The fourth-order valence-corrected chi connectivity index (χ4v) is 2.28. The molecular formula is C12H16BrClO. The Kier molecular flexibility index (Phi) is 5.48. The van der Waals surface area contributed by atoms with Gasteiger partial charge in [0.2, 0.25) is 0 Å². The SMILES string of the molecule is CCCCC(Cl)c1ccc(OC)c(Br)c1. The monoisotopic (exact) mass is 290 g/mol. The molecule has 0 saturated carbocycles. The van der Waals surface area contributed by atoms with Crippen LogP contribution in [0.4, 0.5) is 0 Å². The predicted molar refractivity (Wildman–Crippen MR) is 68.8 cm³/mol. The van der Waals surface area contributed by atoms with E-state index in [2.05, 4.69) is 22.9 Å². The van der Waals surface area contributed by atoms with Crippen LogP contribution in [0.3, 0.4) is 0 Å². The maximum atomic E-state index is 6.29. The molecule has 1 rings (SSSR count). The van der Waals surface area contributed by atoms with E-state index in [-0.39, 0.29) is 5.38 Å². The molecule has 0 radical (unpaired) electrons. The zero-order valence-corrected chi connectivity index (χ0v) is 11.4. The largest absolute Gasteiger partial charge is 0.496 e. The first-order chi connectivity index (χ1) is 7.19. The summed E-state index contributed by atoms with van der Waals surface area (Å²) in [6, 6.07) is 6.00. The van der Waals surface area contributed by atoms with E-state index in [1.165, 1.54) is 6.42 Å². The first-order valence-electron chi connectivity index (χ1n) is 5.16. The van der Waals surface area contributed by atoms with Crippen LogP contribution in [0.5, 0.6) is 5.75 Å². The summed E-state index contributed by atoms with van der Waals surface area (Å²) in [5.74, 6) is 0.845. The Bertz CT molecular complexity index is 314. The number of unbranched alkanes of at least 4 members (excludes halogenated alkanes) is 1. The van der Waals surface area contributed by atoms with Crippen molar-refractivity contribution in [1.82, 2.24) is 0 Å². The van der Waals surface area contributed by atoms with Gasteiger partial charge in [-0.15, -0.1) is 11.6 Å². The number of hydrogen-bond donors (Lipinski definition) is 0. The average molecular weight is 292 g/mol. The molecule has 84 valence electrons. The highest BCUT2D eigenvalue weighted by atomic mass is 79.9. The Balaban J connectivity index is 2.73. The van der Waals surface area contributed by atoms with Crippen LogP contribution in [0.1, 0.15) is 37.1 Å². The molecule has 0 aliphatic heterocycles. The first kappa shape index (κ1) is 12.9. The van der Waals surface area contributed by atoms with E-state index in [9.17, 15) is 0 Å². The Hall–Kier alpha value is -0.210. The number of alkyl halides is 1. The van der Waals surface area contributed by atoms with Crippen molar-refractivity contribution in [2.75, 3.05) is 7.11 Å². The van der Waals surface area contributed by atoms with Crippen molar-refractivity contribution in [2.45, 2.75) is 31.6 Å². The first-order valence-corrected chi connectivity index (χ1v) is 6.39. The molecule has 0 amide bonds. The highest BCUT2D eigenvalue weighted by Gasteiger charge is 2.09. The van der Waals surface area contributed by atoms with Gasteiger partial charge in [-0.25, -0.2) is 0 Å². The Morgan fingerprint density at radius 1 is 1.47 bits per heavy atom. The summed E-state index contributed by atoms with van der Waals surface area (Å²) in [5.41, 5.74) is 1.15. The van der Waals surface area contributed by atoms with Gasteiger partial charge in [0, 0.05) is 0 Å². The Morgan fingerprint density at radius 3 is 2.73 bits per heavy atom. The van der Waals surface area contributed by atoms with Crippen LogP contribution in [-0.2, 0) is 0 Å². The van der Waals surface area contributed by atoms with Crippen molar-refractivity contribution in [3.05, 3.63) is 28.2 Å². The highest BCUT2D eigenvalue weighted by Crippen LogP contribution is 2.32. The quantitative estimate of drug-likeness (QED) is 0.699. The van der Waals surface area contributed by atoms with E-state index in [0.717, 1.165) is 28.6 Å². The molecule has 0 saturated heterocycles. The molecule has 0 heterocycles. The van der Waals surface area contributed by atoms with Crippen molar-refractivity contribution in [1.29, 1.82) is 0 Å². The maximum absolute atomic E-state index is 6.29. The van der Waals surface area contributed by atoms with E-state index >= 15 is 0 Å². The molecular weight excluding hydrogens is 275 g/mol. The molecule has 1 aromatic rings. The third-order valence-corrected chi connectivity index (χ3v) is 3.44. The minimum atomic E-state index is 0.104. The maximum Gasteiger partial charge on any atom is 0.133 e. The predicted octanol–water partition coefficient (Wildman–Crippen LogP) is 4.93. The van der Waals surface area contributed by atoms with Gasteiger partial charge in [-0.2, -0.15) is 0 Å². The lowest BCUT2D eigenvalue weighted by Crippen LogP contribution is -1.92. The van der Waals surface area contributed by atoms with Gasteiger partial charge < -0.3 is 4.74 Å². The fourth-order valence-electron chi connectivity index (χ4n) is 1.43. The van der Waals surface area contributed by atoms with Crippen molar-refractivity contribution in [3.63, 3.8) is 0 Å². The van der Waals surface area contributed by atoms with Gasteiger partial charge >= 0.3 is 0 Å². The lowest BCUT2D eigenvalue weighted by Gasteiger charge is -2.11. The van der Waals surface area contributed by atoms with Crippen molar-refractivity contribution >= 4 is 27.5 Å². The minimum Gasteiger partial charge on any atom is -0.496 e. The lowest BCUT2D eigenvalue weighted by atomic mass is 10.1. The van der Waals surface area contributed by atoms with Crippen molar-refractivity contribution < 1.29 is 4.74 Å². The standard InChI is InChI=1S/C12H16BrClO/c1-3-4-5-11(14)9-6-7-12(15-2)10(13)8-9/h6-8,11H,3-5H2,1-2H3. The van der Waals surface area contributed by atoms with Crippen LogP contribution >= 0.6 is 27.5 Å². The average Bonchev–Trinajstić information content (AvgIpc) is 2.25. The van der Waals surface area contributed by atoms with Crippen LogP contribution < -0.4 is 4.74 Å². The topological polar surface area (TPSA) is 9.23 Å². The van der Waals surface area contributed by atoms with E-state index in [4.69, 9.17) is 16.3 Å². The molecule has 0 N–H and O–H groups in total. The summed E-state index contributed by atoms with van der Waals surface area (Å²) in [7, 11) is 1.66. The van der Waals surface area contributed by atoms with E-state index < -0.39 is 0 Å². The van der Waals surface area contributed by atoms with Crippen LogP contribution in [0.15, 0.2) is 22.7 Å². The summed E-state index contributed by atoms with van der Waals surface area (Å²) >= 11 is 9.75. The number of methoxy groups -OCH3 is 1. The molecule has 1 nitrogen and oxygen atoms in total. The summed E-state index contributed by atoms with van der Waals surface area (Å²) in [6.07, 6.45) is 3.37. The number of hydrogen-bond acceptors (Lipinski definition) is 1. The molecule has 0 aliphatic carbocycles. The van der Waals surface area contributed by atoms with Gasteiger partial charge in [0.15, 0.2) is 0 Å². The molecule has 1 atom stereocenters. The summed E-state index contributed by atoms with van der Waals surface area (Å²) < 4.78 is 6.13. The molecule has 15 heavy (non-hydrogen) atoms. The number of halogens is 2. The zero-order chi connectivity index (χ0) is 11.3. The third kappa shape index (κ3) is 3.69. The number of benzene rings is 1. The van der Waals surface area contributed by atoms with Gasteiger partial charge in [0.25, 0.3) is 0 Å².